The molecule has 0 saturated carbocycles. The van der Waals surface area contributed by atoms with Gasteiger partial charge in [0, 0.05) is 17.6 Å². The van der Waals surface area contributed by atoms with Crippen molar-refractivity contribution in [3.63, 3.8) is 0 Å². The number of nitrogens with zero attached hydrogens (tertiary/aromatic N) is 2. The van der Waals surface area contributed by atoms with Gasteiger partial charge in [-0.05, 0) is 42.7 Å². The molecule has 0 fully saturated rings. The number of fused-ring (bicyclic) bond motifs is 1. The zero-order valence-corrected chi connectivity index (χ0v) is 14.6. The number of rotatable bonds is 4. The van der Waals surface area contributed by atoms with Gasteiger partial charge in [-0.2, -0.15) is 5.10 Å². The summed E-state index contributed by atoms with van der Waals surface area (Å²) in [6, 6.07) is 14.8. The van der Waals surface area contributed by atoms with Crippen molar-refractivity contribution < 1.29 is 4.79 Å². The van der Waals surface area contributed by atoms with Gasteiger partial charge in [0.15, 0.2) is 5.69 Å². The lowest BCUT2D eigenvalue weighted by Gasteiger charge is -2.11. The predicted octanol–water partition coefficient (Wildman–Crippen LogP) is 3.79. The predicted molar refractivity (Wildman–Crippen MR) is 100 cm³/mol. The fourth-order valence-electron chi connectivity index (χ4n) is 2.77. The monoisotopic (exact) mass is 335 g/mol. The smallest absolute Gasteiger partial charge is 0.280 e. The third kappa shape index (κ3) is 3.31. The lowest BCUT2D eigenvalue weighted by Crippen LogP contribution is -2.27. The second-order valence-corrected chi connectivity index (χ2v) is 6.24. The first-order valence-electron chi connectivity index (χ1n) is 8.42. The molecule has 0 bridgehead atoms. The lowest BCUT2D eigenvalue weighted by atomic mass is 10.0. The van der Waals surface area contributed by atoms with Crippen LogP contribution in [0.4, 0.5) is 5.69 Å². The summed E-state index contributed by atoms with van der Waals surface area (Å²) < 4.78 is 1.67. The van der Waals surface area contributed by atoms with Gasteiger partial charge in [0.1, 0.15) is 0 Å². The van der Waals surface area contributed by atoms with Crippen LogP contribution < -0.4 is 10.7 Å². The molecule has 0 aliphatic heterocycles. The molecule has 0 aliphatic carbocycles. The number of anilines is 1. The molecule has 0 radical (unpaired) electrons. The minimum Gasteiger partial charge on any atom is -0.320 e. The number of carbonyl (C=O) groups is 1. The highest BCUT2D eigenvalue weighted by Gasteiger charge is 2.17. The summed E-state index contributed by atoms with van der Waals surface area (Å²) in [7, 11) is 0. The maximum atomic E-state index is 12.6. The molecule has 0 aliphatic rings. The first kappa shape index (κ1) is 16.9. The van der Waals surface area contributed by atoms with E-state index in [0.717, 1.165) is 5.52 Å². The lowest BCUT2D eigenvalue weighted by molar-refractivity contribution is 0.101. The summed E-state index contributed by atoms with van der Waals surface area (Å²) in [5, 5.41) is 7.52. The molecule has 0 atom stereocenters. The van der Waals surface area contributed by atoms with E-state index in [4.69, 9.17) is 0 Å². The number of nitrogens with one attached hydrogen (secondary N) is 1. The summed E-state index contributed by atoms with van der Waals surface area (Å²) in [4.78, 5) is 25.2. The fourth-order valence-corrected chi connectivity index (χ4v) is 2.77. The molecule has 5 nitrogen and oxygen atoms in total. The molecular formula is C20H21N3O2. The van der Waals surface area contributed by atoms with Crippen molar-refractivity contribution in [2.45, 2.75) is 33.2 Å². The molecule has 1 N–H and O–H groups in total. The van der Waals surface area contributed by atoms with Crippen LogP contribution in [-0.2, 0) is 6.54 Å². The van der Waals surface area contributed by atoms with Crippen LogP contribution >= 0.6 is 0 Å². The molecule has 1 aromatic heterocycles. The largest absolute Gasteiger partial charge is 0.320 e. The number of aromatic nitrogens is 2. The Hall–Kier alpha value is -2.95. The van der Waals surface area contributed by atoms with Crippen molar-refractivity contribution in [3.05, 3.63) is 70.0 Å². The fraction of sp³-hybridized carbons (Fsp3) is 0.250. The summed E-state index contributed by atoms with van der Waals surface area (Å²) in [6.07, 6.45) is 0. The summed E-state index contributed by atoms with van der Waals surface area (Å²) in [5.74, 6) is -0.0705. The highest BCUT2D eigenvalue weighted by Crippen LogP contribution is 2.17. The van der Waals surface area contributed by atoms with Gasteiger partial charge in [0.2, 0.25) is 5.43 Å². The molecule has 1 heterocycles. The number of para-hydroxylation sites is 1. The van der Waals surface area contributed by atoms with Crippen LogP contribution in [-0.4, -0.2) is 15.7 Å². The second-order valence-electron chi connectivity index (χ2n) is 6.24. The van der Waals surface area contributed by atoms with E-state index in [1.54, 1.807) is 16.8 Å². The Morgan fingerprint density at radius 2 is 1.80 bits per heavy atom. The molecule has 25 heavy (non-hydrogen) atoms. The molecule has 128 valence electrons. The van der Waals surface area contributed by atoms with Crippen molar-refractivity contribution in [3.8, 4) is 0 Å². The van der Waals surface area contributed by atoms with Crippen molar-refractivity contribution in [2.75, 3.05) is 5.32 Å². The third-order valence-corrected chi connectivity index (χ3v) is 4.21. The van der Waals surface area contributed by atoms with Gasteiger partial charge in [-0.1, -0.05) is 38.1 Å². The molecule has 1 amide bonds. The normalized spacial score (nSPS) is 11.0. The Kier molecular flexibility index (Phi) is 4.65. The Morgan fingerprint density at radius 1 is 1.12 bits per heavy atom. The maximum absolute atomic E-state index is 12.6. The molecular weight excluding hydrogens is 314 g/mol. The average Bonchev–Trinajstić information content (AvgIpc) is 2.62. The zero-order valence-electron chi connectivity index (χ0n) is 14.6. The van der Waals surface area contributed by atoms with Gasteiger partial charge < -0.3 is 5.32 Å². The van der Waals surface area contributed by atoms with Crippen LogP contribution in [0, 0.1) is 0 Å². The van der Waals surface area contributed by atoms with Crippen LogP contribution in [0.1, 0.15) is 42.7 Å². The van der Waals surface area contributed by atoms with E-state index in [0.29, 0.717) is 23.5 Å². The van der Waals surface area contributed by atoms with E-state index in [1.165, 1.54) is 5.56 Å². The first-order chi connectivity index (χ1) is 12.0. The quantitative estimate of drug-likeness (QED) is 0.789. The maximum Gasteiger partial charge on any atom is 0.280 e. The van der Waals surface area contributed by atoms with E-state index in [9.17, 15) is 9.59 Å². The number of aryl methyl sites for hydroxylation is 1. The Bertz CT molecular complexity index is 972. The Balaban J connectivity index is 1.97. The molecule has 0 saturated heterocycles. The van der Waals surface area contributed by atoms with Crippen LogP contribution in [0.3, 0.4) is 0 Å². The SMILES string of the molecule is CCn1nc(C(=O)Nc2ccc(C(C)C)cc2)c(=O)c2ccccc21. The number of hydrogen-bond acceptors (Lipinski definition) is 3. The van der Waals surface area contributed by atoms with E-state index < -0.39 is 5.91 Å². The van der Waals surface area contributed by atoms with E-state index in [-0.39, 0.29) is 11.1 Å². The van der Waals surface area contributed by atoms with E-state index in [2.05, 4.69) is 24.3 Å². The average molecular weight is 335 g/mol. The Labute approximate surface area is 146 Å². The summed E-state index contributed by atoms with van der Waals surface area (Å²) in [6.45, 7) is 6.72. The standard InChI is InChI=1S/C20H21N3O2/c1-4-23-17-8-6-5-7-16(17)19(24)18(22-23)20(25)21-15-11-9-14(10-12-15)13(2)3/h5-13H,4H2,1-3H3,(H,21,25). The van der Waals surface area contributed by atoms with Gasteiger partial charge in [-0.3, -0.25) is 14.3 Å². The summed E-state index contributed by atoms with van der Waals surface area (Å²) >= 11 is 0. The van der Waals surface area contributed by atoms with E-state index >= 15 is 0 Å². The van der Waals surface area contributed by atoms with Crippen LogP contribution in [0.25, 0.3) is 10.9 Å². The van der Waals surface area contributed by atoms with Crippen LogP contribution in [0.2, 0.25) is 0 Å². The van der Waals surface area contributed by atoms with Gasteiger partial charge in [0.05, 0.1) is 5.52 Å². The highest BCUT2D eigenvalue weighted by molar-refractivity contribution is 6.04. The van der Waals surface area contributed by atoms with Crippen LogP contribution in [0.15, 0.2) is 53.3 Å². The molecule has 0 unspecified atom stereocenters. The van der Waals surface area contributed by atoms with Crippen molar-refractivity contribution >= 4 is 22.5 Å². The van der Waals surface area contributed by atoms with Crippen molar-refractivity contribution in [1.29, 1.82) is 0 Å². The molecule has 3 aromatic rings. The van der Waals surface area contributed by atoms with E-state index in [1.807, 2.05) is 43.3 Å². The number of benzene rings is 2. The topological polar surface area (TPSA) is 64.0 Å². The minimum absolute atomic E-state index is 0.0894. The number of amides is 1. The van der Waals surface area contributed by atoms with Gasteiger partial charge in [0.25, 0.3) is 5.91 Å². The van der Waals surface area contributed by atoms with Crippen molar-refractivity contribution in [2.24, 2.45) is 0 Å². The van der Waals surface area contributed by atoms with Gasteiger partial charge in [-0.15, -0.1) is 0 Å². The highest BCUT2D eigenvalue weighted by atomic mass is 16.2. The van der Waals surface area contributed by atoms with Crippen LogP contribution in [0.5, 0.6) is 0 Å². The third-order valence-electron chi connectivity index (χ3n) is 4.21. The molecule has 2 aromatic carbocycles. The minimum atomic E-state index is -0.491. The zero-order chi connectivity index (χ0) is 18.0. The molecule has 3 rings (SSSR count). The Morgan fingerprint density at radius 3 is 2.44 bits per heavy atom. The summed E-state index contributed by atoms with van der Waals surface area (Å²) in [5.41, 5.74) is 2.12. The second kappa shape index (κ2) is 6.89. The van der Waals surface area contributed by atoms with Crippen molar-refractivity contribution in [1.82, 2.24) is 9.78 Å². The number of hydrogen-bond donors (Lipinski definition) is 1. The van der Waals surface area contributed by atoms with Gasteiger partial charge in [-0.25, -0.2) is 0 Å². The molecule has 0 spiro atoms. The molecule has 5 heteroatoms. The number of carbonyl (C=O) groups excluding carboxylic acids is 1. The van der Waals surface area contributed by atoms with Gasteiger partial charge >= 0.3 is 0 Å². The first-order valence-corrected chi connectivity index (χ1v) is 8.42.